The van der Waals surface area contributed by atoms with E-state index in [9.17, 15) is 19.8 Å². The summed E-state index contributed by atoms with van der Waals surface area (Å²) in [5.74, 6) is -1.56. The van der Waals surface area contributed by atoms with E-state index in [0.717, 1.165) is 17.8 Å². The minimum atomic E-state index is -1.10. The summed E-state index contributed by atoms with van der Waals surface area (Å²) in [6, 6.07) is 25.5. The fraction of sp³-hybridized carbons (Fsp3) is 0.378. The average molecular weight is 628 g/mol. The van der Waals surface area contributed by atoms with Crippen LogP contribution in [0.25, 0.3) is 11.3 Å². The van der Waals surface area contributed by atoms with E-state index in [2.05, 4.69) is 81.1 Å². The Bertz CT molecular complexity index is 1500. The lowest BCUT2D eigenvalue weighted by Crippen LogP contribution is -2.37. The number of anilines is 1. The molecule has 0 spiro atoms. The monoisotopic (exact) mass is 627 g/mol. The van der Waals surface area contributed by atoms with E-state index in [0.29, 0.717) is 22.5 Å². The van der Waals surface area contributed by atoms with Crippen LogP contribution in [0.2, 0.25) is 0 Å². The van der Waals surface area contributed by atoms with Crippen LogP contribution in [-0.2, 0) is 22.7 Å². The molecule has 3 aromatic carbocycles. The van der Waals surface area contributed by atoms with E-state index in [1.54, 1.807) is 30.3 Å². The van der Waals surface area contributed by atoms with Gasteiger partial charge in [0.15, 0.2) is 0 Å². The van der Waals surface area contributed by atoms with Gasteiger partial charge in [-0.3, -0.25) is 14.5 Å². The summed E-state index contributed by atoms with van der Waals surface area (Å²) in [6.45, 7) is 9.44. The Kier molecular flexibility index (Phi) is 12.3. The van der Waals surface area contributed by atoms with Gasteiger partial charge in [0, 0.05) is 29.2 Å². The minimum Gasteiger partial charge on any atom is -0.480 e. The molecule has 4 aromatic rings. The van der Waals surface area contributed by atoms with Crippen LogP contribution in [0.3, 0.4) is 0 Å². The van der Waals surface area contributed by atoms with Crippen molar-refractivity contribution in [2.24, 2.45) is 0 Å². The van der Waals surface area contributed by atoms with Gasteiger partial charge in [-0.1, -0.05) is 93.4 Å². The van der Waals surface area contributed by atoms with Crippen LogP contribution < -0.4 is 4.90 Å². The standard InChI is InChI=1S/C37H45N3O4S/c1-5-10-28(11-6-2)29-18-20-32(21-19-29)40(26(3)4)22-27-14-16-30(17-15-27)33-25-45-34(38-33)23-39(24-35(41)42)36(37(43)44)31-12-8-7-9-13-31/h7-9,12-21,25-26,28,36H,5-6,10-11,22-24H2,1-4H3,(H,41,42)(H,43,44)/t36-/m0/s1. The molecule has 4 rings (SSSR count). The number of aliphatic carboxylic acids is 2. The highest BCUT2D eigenvalue weighted by atomic mass is 32.1. The van der Waals surface area contributed by atoms with E-state index < -0.39 is 24.5 Å². The van der Waals surface area contributed by atoms with Gasteiger partial charge >= 0.3 is 11.9 Å². The molecule has 1 atom stereocenters. The molecule has 0 aliphatic carbocycles. The SMILES string of the molecule is CCCC(CCC)c1ccc(N(Cc2ccc(-c3csc(CN(CC(=O)O)[C@H](C(=O)O)c4ccccc4)n3)cc2)C(C)C)cc1. The van der Waals surface area contributed by atoms with Gasteiger partial charge in [-0.25, -0.2) is 4.98 Å². The van der Waals surface area contributed by atoms with Crippen molar-refractivity contribution in [3.63, 3.8) is 0 Å². The predicted molar refractivity (Wildman–Crippen MR) is 183 cm³/mol. The van der Waals surface area contributed by atoms with Crippen LogP contribution in [-0.4, -0.2) is 44.6 Å². The van der Waals surface area contributed by atoms with Crippen LogP contribution in [0.1, 0.15) is 87.0 Å². The molecule has 238 valence electrons. The molecule has 0 aliphatic rings. The summed E-state index contributed by atoms with van der Waals surface area (Å²) in [4.78, 5) is 32.5. The molecule has 0 aliphatic heterocycles. The largest absolute Gasteiger partial charge is 0.480 e. The fourth-order valence-corrected chi connectivity index (χ4v) is 6.74. The normalized spacial score (nSPS) is 12.2. The van der Waals surface area contributed by atoms with Crippen molar-refractivity contribution in [1.29, 1.82) is 0 Å². The Labute approximate surface area is 271 Å². The molecule has 2 N–H and O–H groups in total. The zero-order valence-corrected chi connectivity index (χ0v) is 27.5. The van der Waals surface area contributed by atoms with Crippen LogP contribution >= 0.6 is 11.3 Å². The molecule has 1 heterocycles. The smallest absolute Gasteiger partial charge is 0.325 e. The summed E-state index contributed by atoms with van der Waals surface area (Å²) in [6.07, 6.45) is 4.85. The number of aromatic nitrogens is 1. The molecule has 0 saturated heterocycles. The number of carboxylic acid groups (broad SMARTS) is 2. The van der Waals surface area contributed by atoms with E-state index in [4.69, 9.17) is 4.98 Å². The molecule has 1 aromatic heterocycles. The van der Waals surface area contributed by atoms with Gasteiger partial charge in [0.1, 0.15) is 11.0 Å². The first-order valence-corrected chi connectivity index (χ1v) is 16.7. The van der Waals surface area contributed by atoms with Crippen LogP contribution in [0.5, 0.6) is 0 Å². The second kappa shape index (κ2) is 16.3. The first-order valence-electron chi connectivity index (χ1n) is 15.8. The van der Waals surface area contributed by atoms with E-state index in [1.807, 2.05) is 5.38 Å². The van der Waals surface area contributed by atoms with Crippen LogP contribution in [0.4, 0.5) is 5.69 Å². The molecule has 8 heteroatoms. The van der Waals surface area contributed by atoms with Crippen molar-refractivity contribution in [2.75, 3.05) is 11.4 Å². The van der Waals surface area contributed by atoms with E-state index in [1.165, 1.54) is 58.7 Å². The number of carboxylic acids is 2. The predicted octanol–water partition coefficient (Wildman–Crippen LogP) is 8.62. The molecule has 0 bridgehead atoms. The molecule has 0 unspecified atom stereocenters. The lowest BCUT2D eigenvalue weighted by Gasteiger charge is -2.30. The minimum absolute atomic E-state index is 0.112. The molecule has 0 fully saturated rings. The van der Waals surface area contributed by atoms with Crippen molar-refractivity contribution in [3.8, 4) is 11.3 Å². The van der Waals surface area contributed by atoms with Crippen molar-refractivity contribution in [1.82, 2.24) is 9.88 Å². The van der Waals surface area contributed by atoms with Gasteiger partial charge in [-0.2, -0.15) is 0 Å². The number of hydrogen-bond donors (Lipinski definition) is 2. The maximum absolute atomic E-state index is 12.2. The van der Waals surface area contributed by atoms with Crippen molar-refractivity contribution >= 4 is 29.0 Å². The highest BCUT2D eigenvalue weighted by Gasteiger charge is 2.30. The number of hydrogen-bond acceptors (Lipinski definition) is 6. The molecule has 0 radical (unpaired) electrons. The van der Waals surface area contributed by atoms with E-state index in [-0.39, 0.29) is 6.54 Å². The summed E-state index contributed by atoms with van der Waals surface area (Å²) < 4.78 is 0. The zero-order chi connectivity index (χ0) is 32.3. The maximum Gasteiger partial charge on any atom is 0.325 e. The molecule has 0 amide bonds. The Morgan fingerprint density at radius 1 is 0.822 bits per heavy atom. The second-order valence-corrected chi connectivity index (χ2v) is 12.8. The van der Waals surface area contributed by atoms with E-state index >= 15 is 0 Å². The third-order valence-corrected chi connectivity index (χ3v) is 8.97. The lowest BCUT2D eigenvalue weighted by molar-refractivity contribution is -0.147. The van der Waals surface area contributed by atoms with Gasteiger partial charge in [0.05, 0.1) is 18.8 Å². The third kappa shape index (κ3) is 9.25. The van der Waals surface area contributed by atoms with Gasteiger partial charge in [0.25, 0.3) is 0 Å². The third-order valence-electron chi connectivity index (χ3n) is 8.14. The number of thiazole rings is 1. The number of rotatable bonds is 17. The number of benzene rings is 3. The summed E-state index contributed by atoms with van der Waals surface area (Å²) in [5.41, 5.74) is 6.12. The maximum atomic E-state index is 12.2. The van der Waals surface area contributed by atoms with Crippen LogP contribution in [0.15, 0.2) is 84.2 Å². The average Bonchev–Trinajstić information content (AvgIpc) is 3.48. The van der Waals surface area contributed by atoms with Crippen LogP contribution in [0, 0.1) is 0 Å². The highest BCUT2D eigenvalue weighted by Crippen LogP contribution is 2.30. The highest BCUT2D eigenvalue weighted by molar-refractivity contribution is 7.09. The van der Waals surface area contributed by atoms with Crippen molar-refractivity contribution < 1.29 is 19.8 Å². The summed E-state index contributed by atoms with van der Waals surface area (Å²) >= 11 is 1.40. The van der Waals surface area contributed by atoms with Gasteiger partial charge < -0.3 is 15.1 Å². The van der Waals surface area contributed by atoms with Gasteiger partial charge in [-0.05, 0) is 61.4 Å². The Balaban J connectivity index is 1.47. The molecular formula is C37H45N3O4S. The summed E-state index contributed by atoms with van der Waals surface area (Å²) in [5, 5.41) is 22.1. The number of nitrogens with zero attached hydrogens (tertiary/aromatic N) is 3. The second-order valence-electron chi connectivity index (χ2n) is 11.9. The van der Waals surface area contributed by atoms with Gasteiger partial charge in [0.2, 0.25) is 0 Å². The van der Waals surface area contributed by atoms with Crippen molar-refractivity contribution in [2.45, 2.75) is 84.5 Å². The molecule has 7 nitrogen and oxygen atoms in total. The first-order chi connectivity index (χ1) is 21.7. The lowest BCUT2D eigenvalue weighted by atomic mass is 9.90. The number of carbonyl (C=O) groups is 2. The topological polar surface area (TPSA) is 94.0 Å². The molecule has 45 heavy (non-hydrogen) atoms. The quantitative estimate of drug-likeness (QED) is 0.121. The summed E-state index contributed by atoms with van der Waals surface area (Å²) in [7, 11) is 0. The Morgan fingerprint density at radius 3 is 2.02 bits per heavy atom. The Hall–Kier alpha value is -4.01. The first kappa shape index (κ1) is 33.9. The van der Waals surface area contributed by atoms with Crippen molar-refractivity contribution in [3.05, 3.63) is 106 Å². The fourth-order valence-electron chi connectivity index (χ4n) is 5.91. The molecular weight excluding hydrogens is 582 g/mol. The molecule has 0 saturated carbocycles. The zero-order valence-electron chi connectivity index (χ0n) is 26.7. The Morgan fingerprint density at radius 2 is 1.47 bits per heavy atom. The van der Waals surface area contributed by atoms with Gasteiger partial charge in [-0.15, -0.1) is 11.3 Å².